The molecule has 0 unspecified atom stereocenters. The molecule has 0 atom stereocenters. The zero-order valence-corrected chi connectivity index (χ0v) is 65.0. The van der Waals surface area contributed by atoms with E-state index in [4.69, 9.17) is 45.6 Å². The lowest BCUT2D eigenvalue weighted by Gasteiger charge is -2.37. The van der Waals surface area contributed by atoms with E-state index in [1.165, 1.54) is 20.8 Å². The van der Waals surface area contributed by atoms with E-state index in [2.05, 4.69) is 23.7 Å². The molecule has 123 heavy (non-hydrogen) atoms. The Bertz CT molecular complexity index is 4910. The van der Waals surface area contributed by atoms with E-state index < -0.39 is 240 Å². The molecular weight excluding hydrogens is 1830 g/mol. The van der Waals surface area contributed by atoms with Crippen molar-refractivity contribution in [2.24, 2.45) is 11.8 Å². The Balaban J connectivity index is 0.000000556. The van der Waals surface area contributed by atoms with E-state index in [1.54, 1.807) is 0 Å². The average molecular weight is 1880 g/mol. The van der Waals surface area contributed by atoms with Gasteiger partial charge in [-0.1, -0.05) is 105 Å². The minimum Gasteiger partial charge on any atom is -0.748 e. The monoisotopic (exact) mass is 1880 g/mol. The number of carbonyl (C=O) groups excluding carboxylic acids is 8. The SMILES string of the molecule is [B]Cc1ccc(C(=O)OC(CS(=O)(=O)[O-])(C(F)(F)F)C(F)(F)F)c(OC(=O)C(C)C)c1.[B]Cc1ccc(C(=O)OC(CS(=O)(=O)[O-])(C(F)(F)F)C(F)(F)F)c(OC(=O)C2CCCC2)c1.[B]Cc1ccc(C(=O)OC(CS(=O)(=O)[O-])(C(F)(F)F)C(F)(F)F)c(OC(=O)CC)c1.[B]Cc1ccc(C(=O)OC(CS(=O)(=O)[O-])(C(F)(F)F)C(F)(F)F)c(OC(C)=O)c1. The summed E-state index contributed by atoms with van der Waals surface area (Å²) in [6.07, 6.45) is -51.1. The third-order valence-corrected chi connectivity index (χ3v) is 18.6. The zero-order valence-electron chi connectivity index (χ0n) is 61.7. The van der Waals surface area contributed by atoms with Crippen LogP contribution in [0.5, 0.6) is 23.0 Å². The summed E-state index contributed by atoms with van der Waals surface area (Å²) < 4.78 is 482. The van der Waals surface area contributed by atoms with Crippen LogP contribution >= 0.6 is 0 Å². The van der Waals surface area contributed by atoms with Crippen molar-refractivity contribution >= 4 is 120 Å². The predicted octanol–water partition coefficient (Wildman–Crippen LogP) is 9.58. The van der Waals surface area contributed by atoms with E-state index in [0.717, 1.165) is 55.5 Å². The van der Waals surface area contributed by atoms with E-state index in [9.17, 15) is 196 Å². The van der Waals surface area contributed by atoms with Gasteiger partial charge in [0, 0.05) is 13.3 Å². The normalized spacial score (nSPS) is 13.9. The van der Waals surface area contributed by atoms with Crippen molar-refractivity contribution in [1.82, 2.24) is 0 Å². The van der Waals surface area contributed by atoms with Crippen molar-refractivity contribution in [3.63, 3.8) is 0 Å². The van der Waals surface area contributed by atoms with Crippen molar-refractivity contribution in [3.05, 3.63) is 117 Å². The number of hydrogen-bond donors (Lipinski definition) is 0. The maximum absolute atomic E-state index is 13.4. The molecule has 60 heteroatoms. The highest BCUT2D eigenvalue weighted by Crippen LogP contribution is 2.52. The Labute approximate surface area is 682 Å². The molecule has 0 aromatic heterocycles. The van der Waals surface area contributed by atoms with Gasteiger partial charge in [0.05, 0.1) is 107 Å². The summed E-state index contributed by atoms with van der Waals surface area (Å²) in [6, 6.07) is 10.5. The lowest BCUT2D eigenvalue weighted by atomic mass is 9.95. The first-order valence-corrected chi connectivity index (χ1v) is 38.9. The second kappa shape index (κ2) is 40.9. The molecule has 680 valence electrons. The molecule has 5 rings (SSSR count). The highest BCUT2D eigenvalue weighted by Gasteiger charge is 2.79. The van der Waals surface area contributed by atoms with Gasteiger partial charge >= 0.3 is 120 Å². The number of hydrogen-bond acceptors (Lipinski definition) is 28. The van der Waals surface area contributed by atoms with Gasteiger partial charge in [0.2, 0.25) is 0 Å². The summed E-state index contributed by atoms with van der Waals surface area (Å²) in [5.41, 5.74) is -26.1. The van der Waals surface area contributed by atoms with Crippen LogP contribution in [0.15, 0.2) is 72.8 Å². The van der Waals surface area contributed by atoms with Crippen molar-refractivity contribution in [2.75, 3.05) is 23.0 Å². The van der Waals surface area contributed by atoms with Gasteiger partial charge < -0.3 is 56.1 Å². The molecule has 4 aromatic rings. The summed E-state index contributed by atoms with van der Waals surface area (Å²) in [7, 11) is -3.33. The molecule has 1 fully saturated rings. The molecule has 1 saturated carbocycles. The predicted molar refractivity (Wildman–Crippen MR) is 358 cm³/mol. The summed E-state index contributed by atoms with van der Waals surface area (Å²) in [5, 5.41) is 0. The second-order valence-electron chi connectivity index (χ2n) is 25.2. The van der Waals surface area contributed by atoms with Gasteiger partial charge in [-0.3, -0.25) is 19.2 Å². The van der Waals surface area contributed by atoms with Crippen LogP contribution in [-0.2, 0) is 104 Å². The quantitative estimate of drug-likeness (QED) is 0.0134. The molecule has 0 bridgehead atoms. The topological polar surface area (TPSA) is 439 Å². The highest BCUT2D eigenvalue weighted by atomic mass is 32.2. The molecule has 1 aliphatic carbocycles. The van der Waals surface area contributed by atoms with Crippen LogP contribution in [0.2, 0.25) is 0 Å². The number of halogens is 24. The molecule has 0 amide bonds. The standard InChI is InChI=1S/C18H17BF6O7S.C16H15BF6O7S.C15H13BF6O7S.C14H11BF6O7S/c19-8-10-5-6-12(13(7-10)31-14(26)11-3-1-2-4-11)15(27)32-16(17(20,21)22,18(23,24)25)9-33(28,29)30;1-8(2)12(24)29-11-5-9(6-17)3-4-10(11)13(25)30-14(15(18,19)20,16(21,22)23)7-31(26,27)28;1-2-11(23)28-10-5-8(6-16)3-4-9(10)12(24)29-13(14(17,18)19,15(20,21)22)7-30(25,26)27;1-7(22)27-10-4-8(5-15)2-3-9(10)11(23)28-12(13(16,17)18,14(19,20)21)6-29(24,25)26/h5-7,11H,1-4,8-9H2,(H,28,29,30);3-5,8H,6-7H2,1-2H3,(H,26,27,28);3-5H,2,6-7H2,1H3,(H,25,26,27);2-4H,5-6H2,1H3,(H,24,25,26)/p-4. The molecule has 28 nitrogen and oxygen atoms in total. The highest BCUT2D eigenvalue weighted by molar-refractivity contribution is 7.86. The lowest BCUT2D eigenvalue weighted by molar-refractivity contribution is -0.357. The van der Waals surface area contributed by atoms with Crippen LogP contribution in [0.3, 0.4) is 0 Å². The van der Waals surface area contributed by atoms with Crippen molar-refractivity contribution in [2.45, 2.75) is 157 Å². The van der Waals surface area contributed by atoms with Crippen LogP contribution in [0.1, 0.15) is 123 Å². The number of alkyl halides is 24. The molecule has 0 saturated heterocycles. The fourth-order valence-electron chi connectivity index (χ4n) is 9.44. The van der Waals surface area contributed by atoms with Crippen LogP contribution in [0.4, 0.5) is 105 Å². The largest absolute Gasteiger partial charge is 0.748 e. The van der Waals surface area contributed by atoms with E-state index >= 15 is 0 Å². The molecule has 8 radical (unpaired) electrons. The number of esters is 8. The van der Waals surface area contributed by atoms with Crippen molar-refractivity contribution in [1.29, 1.82) is 0 Å². The first kappa shape index (κ1) is 110. The Morgan fingerprint density at radius 1 is 0.366 bits per heavy atom. The van der Waals surface area contributed by atoms with E-state index in [0.29, 0.717) is 49.9 Å². The number of benzene rings is 4. The Hall–Kier alpha value is -9.14. The maximum Gasteiger partial charge on any atom is 0.438 e. The first-order valence-electron chi connectivity index (χ1n) is 32.6. The average Bonchev–Trinajstić information content (AvgIpc) is 0.894. The van der Waals surface area contributed by atoms with Gasteiger partial charge in [-0.15, -0.1) is 0 Å². The second-order valence-corrected chi connectivity index (χ2v) is 30.8. The van der Waals surface area contributed by atoms with Crippen LogP contribution < -0.4 is 18.9 Å². The van der Waals surface area contributed by atoms with Crippen LogP contribution in [0.25, 0.3) is 0 Å². The number of ether oxygens (including phenoxy) is 8. The molecule has 0 heterocycles. The molecule has 4 aromatic carbocycles. The Kier molecular flexibility index (Phi) is 36.5. The smallest absolute Gasteiger partial charge is 0.438 e. The minimum atomic E-state index is -6.54. The van der Waals surface area contributed by atoms with Gasteiger partial charge in [-0.2, -0.15) is 105 Å². The number of carbonyl (C=O) groups is 8. The van der Waals surface area contributed by atoms with Gasteiger partial charge in [-0.05, 0) is 61.4 Å². The summed E-state index contributed by atoms with van der Waals surface area (Å²) in [6.45, 7) is 4.84. The molecule has 1 aliphatic rings. The van der Waals surface area contributed by atoms with Gasteiger partial charge in [0.15, 0.2) is 0 Å². The van der Waals surface area contributed by atoms with Crippen molar-refractivity contribution < 1.29 is 234 Å². The van der Waals surface area contributed by atoms with Crippen LogP contribution in [-0.4, -0.2) is 226 Å². The third kappa shape index (κ3) is 29.8. The third-order valence-electron chi connectivity index (χ3n) is 15.6. The molecule has 0 aliphatic heterocycles. The van der Waals surface area contributed by atoms with Crippen LogP contribution in [0, 0.1) is 11.8 Å². The first-order chi connectivity index (χ1) is 55.3. The van der Waals surface area contributed by atoms with Crippen molar-refractivity contribution in [3.8, 4) is 23.0 Å². The summed E-state index contributed by atoms with van der Waals surface area (Å²) in [5.74, 6) is -30.3. The summed E-state index contributed by atoms with van der Waals surface area (Å²) >= 11 is 0. The van der Waals surface area contributed by atoms with Gasteiger partial charge in [0.25, 0.3) is 0 Å². The molecule has 0 spiro atoms. The minimum absolute atomic E-state index is 0.179. The Morgan fingerprint density at radius 2 is 0.577 bits per heavy atom. The fraction of sp³-hybridized carbons (Fsp3) is 0.492. The lowest BCUT2D eigenvalue weighted by Crippen LogP contribution is -2.63. The fourth-order valence-corrected chi connectivity index (χ4v) is 13.0. The van der Waals surface area contributed by atoms with E-state index in [1.807, 2.05) is 0 Å². The summed E-state index contributed by atoms with van der Waals surface area (Å²) in [4.78, 5) is 95.6. The Morgan fingerprint density at radius 3 is 0.764 bits per heavy atom. The van der Waals surface area contributed by atoms with Gasteiger partial charge in [-0.25, -0.2) is 52.8 Å². The van der Waals surface area contributed by atoms with E-state index in [-0.39, 0.29) is 54.0 Å². The molecule has 0 N–H and O–H groups in total. The van der Waals surface area contributed by atoms with Gasteiger partial charge in [0.1, 0.15) is 45.3 Å². The zero-order chi connectivity index (χ0) is 96.0. The number of rotatable bonds is 27. The molecular formula is C63H52B4F24O28S4-4. The maximum atomic E-state index is 13.4.